The van der Waals surface area contributed by atoms with Crippen molar-refractivity contribution in [2.24, 2.45) is 5.14 Å². The van der Waals surface area contributed by atoms with Gasteiger partial charge in [-0.1, -0.05) is 39.5 Å². The van der Waals surface area contributed by atoms with Crippen molar-refractivity contribution in [3.05, 3.63) is 11.4 Å². The molecule has 1 rings (SSSR count). The predicted octanol–water partition coefficient (Wildman–Crippen LogP) is 1.75. The van der Waals surface area contributed by atoms with Crippen LogP contribution in [0.15, 0.2) is 4.90 Å². The van der Waals surface area contributed by atoms with Gasteiger partial charge in [-0.05, 0) is 12.8 Å². The van der Waals surface area contributed by atoms with Gasteiger partial charge in [0.05, 0.1) is 12.3 Å². The van der Waals surface area contributed by atoms with Crippen LogP contribution in [0.25, 0.3) is 0 Å². The van der Waals surface area contributed by atoms with Crippen molar-refractivity contribution in [2.75, 3.05) is 6.61 Å². The van der Waals surface area contributed by atoms with E-state index >= 15 is 0 Å². The number of esters is 1. The zero-order chi connectivity index (χ0) is 15.9. The summed E-state index contributed by atoms with van der Waals surface area (Å²) in [6.45, 7) is 4.11. The number of hydrogen-bond donors (Lipinski definition) is 2. The molecule has 1 aromatic rings. The van der Waals surface area contributed by atoms with Gasteiger partial charge < -0.3 is 4.74 Å². The second-order valence-electron chi connectivity index (χ2n) is 4.83. The topological polar surface area (TPSA) is 115 Å². The molecule has 1 aromatic heterocycles. The summed E-state index contributed by atoms with van der Waals surface area (Å²) in [7, 11) is -4.02. The number of aromatic nitrogens is 2. The highest BCUT2D eigenvalue weighted by Crippen LogP contribution is 2.18. The fourth-order valence-electron chi connectivity index (χ4n) is 1.99. The maximum Gasteiger partial charge on any atom is 0.360 e. The van der Waals surface area contributed by atoms with Crippen LogP contribution in [0.4, 0.5) is 0 Å². The Labute approximate surface area is 125 Å². The molecule has 0 saturated heterocycles. The van der Waals surface area contributed by atoms with Crippen LogP contribution in [0.1, 0.15) is 62.1 Å². The van der Waals surface area contributed by atoms with Gasteiger partial charge >= 0.3 is 5.97 Å². The van der Waals surface area contributed by atoms with Gasteiger partial charge in [0, 0.05) is 0 Å². The molecule has 0 aliphatic heterocycles. The van der Waals surface area contributed by atoms with Crippen LogP contribution in [0.5, 0.6) is 0 Å². The number of aryl methyl sites for hydroxylation is 1. The minimum absolute atomic E-state index is 0.251. The summed E-state index contributed by atoms with van der Waals surface area (Å²) in [5.41, 5.74) is 0.0512. The normalized spacial score (nSPS) is 11.6. The number of nitrogens with two attached hydrogens (primary N) is 1. The Morgan fingerprint density at radius 3 is 2.48 bits per heavy atom. The minimum Gasteiger partial charge on any atom is -0.461 e. The van der Waals surface area contributed by atoms with Gasteiger partial charge in [-0.3, -0.25) is 5.10 Å². The standard InChI is InChI=1S/C13H23N3O4S/c1-3-5-6-7-8-9-20-13(17)11-12(21(14,18)19)10(4-2)15-16-11/h3-9H2,1-2H3,(H,15,16)(H2,14,18,19). The van der Waals surface area contributed by atoms with Gasteiger partial charge in [0.25, 0.3) is 0 Å². The Kier molecular flexibility index (Phi) is 6.83. The average Bonchev–Trinajstić information content (AvgIpc) is 2.86. The molecule has 0 amide bonds. The maximum absolute atomic E-state index is 11.9. The van der Waals surface area contributed by atoms with Crippen LogP contribution >= 0.6 is 0 Å². The van der Waals surface area contributed by atoms with Crippen LogP contribution in [0.2, 0.25) is 0 Å². The molecule has 0 spiro atoms. The van der Waals surface area contributed by atoms with Crippen LogP contribution in [-0.4, -0.2) is 31.2 Å². The fraction of sp³-hybridized carbons (Fsp3) is 0.692. The molecule has 0 fully saturated rings. The molecule has 0 aliphatic carbocycles. The number of hydrogen-bond acceptors (Lipinski definition) is 5. The van der Waals surface area contributed by atoms with Gasteiger partial charge in [-0.2, -0.15) is 5.10 Å². The van der Waals surface area contributed by atoms with Crippen molar-refractivity contribution in [1.29, 1.82) is 0 Å². The molecule has 0 aliphatic rings. The number of H-pyrrole nitrogens is 1. The molecule has 0 unspecified atom stereocenters. The number of carbonyl (C=O) groups excluding carboxylic acids is 1. The zero-order valence-electron chi connectivity index (χ0n) is 12.5. The first kappa shape index (κ1) is 17.6. The van der Waals surface area contributed by atoms with E-state index in [1.54, 1.807) is 6.92 Å². The number of unbranched alkanes of at least 4 members (excludes halogenated alkanes) is 4. The summed E-state index contributed by atoms with van der Waals surface area (Å²) in [4.78, 5) is 11.6. The lowest BCUT2D eigenvalue weighted by molar-refractivity contribution is 0.0486. The molecule has 0 aromatic carbocycles. The maximum atomic E-state index is 11.9. The largest absolute Gasteiger partial charge is 0.461 e. The number of sulfonamides is 1. The number of primary sulfonamides is 1. The Bertz CT molecular complexity index is 566. The van der Waals surface area contributed by atoms with Crippen LogP contribution in [-0.2, 0) is 21.2 Å². The van der Waals surface area contributed by atoms with E-state index in [0.29, 0.717) is 12.1 Å². The molecule has 1 heterocycles. The average molecular weight is 317 g/mol. The summed E-state index contributed by atoms with van der Waals surface area (Å²) < 4.78 is 28.2. The lowest BCUT2D eigenvalue weighted by atomic mass is 10.2. The number of rotatable bonds is 9. The highest BCUT2D eigenvalue weighted by atomic mass is 32.2. The summed E-state index contributed by atoms with van der Waals surface area (Å²) in [6, 6.07) is 0. The highest BCUT2D eigenvalue weighted by molar-refractivity contribution is 7.89. The van der Waals surface area contributed by atoms with Crippen LogP contribution in [0.3, 0.4) is 0 Å². The molecule has 8 heteroatoms. The van der Waals surface area contributed by atoms with Gasteiger partial charge in [0.1, 0.15) is 4.90 Å². The fourth-order valence-corrected chi connectivity index (χ4v) is 2.92. The highest BCUT2D eigenvalue weighted by Gasteiger charge is 2.27. The Morgan fingerprint density at radius 1 is 1.24 bits per heavy atom. The lowest BCUT2D eigenvalue weighted by Gasteiger charge is -2.04. The second kappa shape index (κ2) is 8.14. The summed E-state index contributed by atoms with van der Waals surface area (Å²) in [5.74, 6) is -0.759. The Hall–Kier alpha value is -1.41. The molecule has 0 radical (unpaired) electrons. The monoisotopic (exact) mass is 317 g/mol. The molecule has 0 bridgehead atoms. The number of nitrogens with zero attached hydrogens (tertiary/aromatic N) is 1. The lowest BCUT2D eigenvalue weighted by Crippen LogP contribution is -2.18. The van der Waals surface area contributed by atoms with E-state index in [2.05, 4.69) is 17.1 Å². The van der Waals surface area contributed by atoms with Gasteiger partial charge in [-0.15, -0.1) is 0 Å². The van der Waals surface area contributed by atoms with Crippen molar-refractivity contribution >= 4 is 16.0 Å². The Balaban J connectivity index is 2.65. The third kappa shape index (κ3) is 5.13. The SMILES string of the molecule is CCCCCCCOC(=O)c1n[nH]c(CC)c1S(N)(=O)=O. The summed E-state index contributed by atoms with van der Waals surface area (Å²) in [6.07, 6.45) is 5.50. The molecule has 0 saturated carbocycles. The van der Waals surface area contributed by atoms with Crippen molar-refractivity contribution in [3.63, 3.8) is 0 Å². The van der Waals surface area contributed by atoms with Crippen molar-refractivity contribution in [1.82, 2.24) is 10.2 Å². The van der Waals surface area contributed by atoms with Gasteiger partial charge in [0.15, 0.2) is 5.69 Å². The number of carbonyl (C=O) groups is 1. The quantitative estimate of drug-likeness (QED) is 0.532. The van der Waals surface area contributed by atoms with Crippen molar-refractivity contribution in [2.45, 2.75) is 57.3 Å². The first-order valence-electron chi connectivity index (χ1n) is 7.19. The third-order valence-corrected chi connectivity index (χ3v) is 4.11. The summed E-state index contributed by atoms with van der Waals surface area (Å²) >= 11 is 0. The van der Waals surface area contributed by atoms with Gasteiger partial charge in [-0.25, -0.2) is 18.4 Å². The van der Waals surface area contributed by atoms with Crippen molar-refractivity contribution in [3.8, 4) is 0 Å². The molecule has 0 atom stereocenters. The predicted molar refractivity (Wildman–Crippen MR) is 78.4 cm³/mol. The van der Waals surface area contributed by atoms with E-state index in [-0.39, 0.29) is 17.2 Å². The van der Waals surface area contributed by atoms with Crippen LogP contribution < -0.4 is 5.14 Å². The third-order valence-electron chi connectivity index (χ3n) is 3.10. The second-order valence-corrected chi connectivity index (χ2v) is 6.33. The van der Waals surface area contributed by atoms with E-state index in [1.807, 2.05) is 0 Å². The zero-order valence-corrected chi connectivity index (χ0v) is 13.3. The molecular formula is C13H23N3O4S. The molecule has 120 valence electrons. The molecular weight excluding hydrogens is 294 g/mol. The van der Waals surface area contributed by atoms with Gasteiger partial charge in [0.2, 0.25) is 10.0 Å². The summed E-state index contributed by atoms with van der Waals surface area (Å²) in [5, 5.41) is 11.4. The molecule has 7 nitrogen and oxygen atoms in total. The van der Waals surface area contributed by atoms with E-state index in [9.17, 15) is 13.2 Å². The van der Waals surface area contributed by atoms with E-state index in [4.69, 9.17) is 9.88 Å². The first-order valence-corrected chi connectivity index (χ1v) is 8.73. The number of aromatic amines is 1. The van der Waals surface area contributed by atoms with E-state index < -0.39 is 16.0 Å². The number of ether oxygens (including phenoxy) is 1. The van der Waals surface area contributed by atoms with Crippen LogP contribution in [0, 0.1) is 0 Å². The first-order chi connectivity index (χ1) is 9.91. The Morgan fingerprint density at radius 2 is 1.90 bits per heavy atom. The minimum atomic E-state index is -4.02. The number of nitrogens with one attached hydrogen (secondary N) is 1. The smallest absolute Gasteiger partial charge is 0.360 e. The van der Waals surface area contributed by atoms with E-state index in [1.165, 1.54) is 0 Å². The molecule has 21 heavy (non-hydrogen) atoms. The van der Waals surface area contributed by atoms with Crippen molar-refractivity contribution < 1.29 is 17.9 Å². The molecule has 3 N–H and O–H groups in total. The van der Waals surface area contributed by atoms with E-state index in [0.717, 1.165) is 32.1 Å².